The maximum Gasteiger partial charge on any atom is 0.0485 e. The van der Waals surface area contributed by atoms with Gasteiger partial charge in [0.15, 0.2) is 0 Å². The SMILES string of the molecule is CC(C)(C)c1ccc(N)c(-c2ccccc2Cl)c1. The molecule has 0 aliphatic carbocycles. The molecule has 0 bridgehead atoms. The molecule has 2 rings (SSSR count). The fourth-order valence-electron chi connectivity index (χ4n) is 1.94. The van der Waals surface area contributed by atoms with Crippen LogP contribution in [0.3, 0.4) is 0 Å². The monoisotopic (exact) mass is 259 g/mol. The first-order valence-electron chi connectivity index (χ1n) is 6.04. The van der Waals surface area contributed by atoms with E-state index in [-0.39, 0.29) is 5.41 Å². The van der Waals surface area contributed by atoms with Crippen LogP contribution in [0.2, 0.25) is 5.02 Å². The Morgan fingerprint density at radius 3 is 2.22 bits per heavy atom. The first kappa shape index (κ1) is 13.0. The van der Waals surface area contributed by atoms with E-state index in [1.807, 2.05) is 30.3 Å². The number of hydrogen-bond acceptors (Lipinski definition) is 1. The second-order valence-corrected chi connectivity index (χ2v) is 5.94. The molecule has 2 N–H and O–H groups in total. The summed E-state index contributed by atoms with van der Waals surface area (Å²) in [4.78, 5) is 0. The van der Waals surface area contributed by atoms with Crippen molar-refractivity contribution in [3.63, 3.8) is 0 Å². The fraction of sp³-hybridized carbons (Fsp3) is 0.250. The zero-order valence-electron chi connectivity index (χ0n) is 11.0. The average Bonchev–Trinajstić information content (AvgIpc) is 2.29. The summed E-state index contributed by atoms with van der Waals surface area (Å²) in [5.74, 6) is 0. The van der Waals surface area contributed by atoms with Crippen LogP contribution in [0, 0.1) is 0 Å². The van der Waals surface area contributed by atoms with Gasteiger partial charge >= 0.3 is 0 Å². The molecule has 1 nitrogen and oxygen atoms in total. The summed E-state index contributed by atoms with van der Waals surface area (Å²) in [6, 6.07) is 14.0. The van der Waals surface area contributed by atoms with Crippen LogP contribution in [0.5, 0.6) is 0 Å². The summed E-state index contributed by atoms with van der Waals surface area (Å²) in [6.45, 7) is 6.57. The molecule has 0 saturated heterocycles. The molecule has 18 heavy (non-hydrogen) atoms. The highest BCUT2D eigenvalue weighted by atomic mass is 35.5. The van der Waals surface area contributed by atoms with E-state index in [0.717, 1.165) is 21.8 Å². The van der Waals surface area contributed by atoms with E-state index < -0.39 is 0 Å². The zero-order chi connectivity index (χ0) is 13.3. The molecule has 0 saturated carbocycles. The highest BCUT2D eigenvalue weighted by Gasteiger charge is 2.16. The van der Waals surface area contributed by atoms with E-state index in [2.05, 4.69) is 32.9 Å². The van der Waals surface area contributed by atoms with Crippen LogP contribution in [0.1, 0.15) is 26.3 Å². The largest absolute Gasteiger partial charge is 0.398 e. The number of anilines is 1. The lowest BCUT2D eigenvalue weighted by molar-refractivity contribution is 0.590. The number of hydrogen-bond donors (Lipinski definition) is 1. The number of nitrogens with two attached hydrogens (primary N) is 1. The predicted molar refractivity (Wildman–Crippen MR) is 80.0 cm³/mol. The van der Waals surface area contributed by atoms with E-state index >= 15 is 0 Å². The number of halogens is 1. The molecule has 94 valence electrons. The third kappa shape index (κ3) is 2.51. The number of benzene rings is 2. The van der Waals surface area contributed by atoms with Gasteiger partial charge < -0.3 is 5.73 Å². The molecule has 0 atom stereocenters. The lowest BCUT2D eigenvalue weighted by Crippen LogP contribution is -2.11. The quantitative estimate of drug-likeness (QED) is 0.725. The molecule has 0 radical (unpaired) electrons. The maximum atomic E-state index is 6.24. The van der Waals surface area contributed by atoms with E-state index in [9.17, 15) is 0 Å². The van der Waals surface area contributed by atoms with E-state index in [1.165, 1.54) is 5.56 Å². The second kappa shape index (κ2) is 4.66. The second-order valence-electron chi connectivity index (χ2n) is 5.53. The summed E-state index contributed by atoms with van der Waals surface area (Å²) in [6.07, 6.45) is 0. The van der Waals surface area contributed by atoms with Crippen LogP contribution in [0.25, 0.3) is 11.1 Å². The van der Waals surface area contributed by atoms with Gasteiger partial charge in [-0.15, -0.1) is 0 Å². The summed E-state index contributed by atoms with van der Waals surface area (Å²) >= 11 is 6.24. The molecule has 0 aliphatic rings. The van der Waals surface area contributed by atoms with Crippen LogP contribution in [0.15, 0.2) is 42.5 Å². The van der Waals surface area contributed by atoms with E-state index in [1.54, 1.807) is 0 Å². The van der Waals surface area contributed by atoms with Crippen LogP contribution < -0.4 is 5.73 Å². The predicted octanol–water partition coefficient (Wildman–Crippen LogP) is 4.89. The summed E-state index contributed by atoms with van der Waals surface area (Å²) in [5.41, 5.74) is 10.2. The minimum absolute atomic E-state index is 0.101. The van der Waals surface area contributed by atoms with Crippen molar-refractivity contribution < 1.29 is 0 Å². The molecule has 0 fully saturated rings. The first-order valence-corrected chi connectivity index (χ1v) is 6.42. The Balaban J connectivity index is 2.61. The number of nitrogen functional groups attached to an aromatic ring is 1. The van der Waals surface area contributed by atoms with Crippen LogP contribution in [-0.4, -0.2) is 0 Å². The maximum absolute atomic E-state index is 6.24. The van der Waals surface area contributed by atoms with Crippen molar-refractivity contribution in [3.05, 3.63) is 53.1 Å². The van der Waals surface area contributed by atoms with Crippen molar-refractivity contribution in [2.75, 3.05) is 5.73 Å². The summed E-state index contributed by atoms with van der Waals surface area (Å²) < 4.78 is 0. The normalized spacial score (nSPS) is 11.6. The Kier molecular flexibility index (Phi) is 3.36. The molecule has 0 unspecified atom stereocenters. The van der Waals surface area contributed by atoms with Gasteiger partial charge in [-0.3, -0.25) is 0 Å². The molecule has 2 aromatic rings. The van der Waals surface area contributed by atoms with Crippen molar-refractivity contribution in [3.8, 4) is 11.1 Å². The minimum Gasteiger partial charge on any atom is -0.398 e. The Labute approximate surface area is 114 Å². The average molecular weight is 260 g/mol. The smallest absolute Gasteiger partial charge is 0.0485 e. The van der Waals surface area contributed by atoms with Gasteiger partial charge in [-0.1, -0.05) is 56.6 Å². The molecule has 0 amide bonds. The highest BCUT2D eigenvalue weighted by Crippen LogP contribution is 2.35. The molecular formula is C16H18ClN. The van der Waals surface area contributed by atoms with Crippen molar-refractivity contribution >= 4 is 17.3 Å². The van der Waals surface area contributed by atoms with Crippen molar-refractivity contribution in [1.82, 2.24) is 0 Å². The van der Waals surface area contributed by atoms with Gasteiger partial charge in [0.1, 0.15) is 0 Å². The zero-order valence-corrected chi connectivity index (χ0v) is 11.8. The fourth-order valence-corrected chi connectivity index (χ4v) is 2.17. The van der Waals surface area contributed by atoms with Gasteiger partial charge in [-0.2, -0.15) is 0 Å². The van der Waals surface area contributed by atoms with Gasteiger partial charge in [0, 0.05) is 21.8 Å². The third-order valence-corrected chi connectivity index (χ3v) is 3.41. The van der Waals surface area contributed by atoms with Crippen LogP contribution in [-0.2, 0) is 5.41 Å². The Morgan fingerprint density at radius 2 is 1.61 bits per heavy atom. The molecule has 0 heterocycles. The van der Waals surface area contributed by atoms with E-state index in [4.69, 9.17) is 17.3 Å². The minimum atomic E-state index is 0.101. The van der Waals surface area contributed by atoms with Gasteiger partial charge in [0.25, 0.3) is 0 Å². The van der Waals surface area contributed by atoms with E-state index in [0.29, 0.717) is 0 Å². The van der Waals surface area contributed by atoms with Gasteiger partial charge in [-0.25, -0.2) is 0 Å². The van der Waals surface area contributed by atoms with Crippen LogP contribution in [0.4, 0.5) is 5.69 Å². The first-order chi connectivity index (χ1) is 8.39. The number of rotatable bonds is 1. The topological polar surface area (TPSA) is 26.0 Å². The summed E-state index contributed by atoms with van der Waals surface area (Å²) in [5, 5.41) is 0.732. The molecule has 0 aromatic heterocycles. The molecular weight excluding hydrogens is 242 g/mol. The van der Waals surface area contributed by atoms with Gasteiger partial charge in [0.2, 0.25) is 0 Å². The van der Waals surface area contributed by atoms with Crippen molar-refractivity contribution in [1.29, 1.82) is 0 Å². The van der Waals surface area contributed by atoms with Gasteiger partial charge in [-0.05, 0) is 29.2 Å². The lowest BCUT2D eigenvalue weighted by atomic mass is 9.85. The standard InChI is InChI=1S/C16H18ClN/c1-16(2,3)11-8-9-15(18)13(10-11)12-6-4-5-7-14(12)17/h4-10H,18H2,1-3H3. The summed E-state index contributed by atoms with van der Waals surface area (Å²) in [7, 11) is 0. The Bertz CT molecular complexity index is 568. The van der Waals surface area contributed by atoms with Gasteiger partial charge in [0.05, 0.1) is 0 Å². The van der Waals surface area contributed by atoms with Crippen molar-refractivity contribution in [2.45, 2.75) is 26.2 Å². The molecule has 2 heteroatoms. The Hall–Kier alpha value is -1.47. The van der Waals surface area contributed by atoms with Crippen molar-refractivity contribution in [2.24, 2.45) is 0 Å². The highest BCUT2D eigenvalue weighted by molar-refractivity contribution is 6.33. The molecule has 0 spiro atoms. The Morgan fingerprint density at radius 1 is 0.944 bits per heavy atom. The third-order valence-electron chi connectivity index (χ3n) is 3.08. The molecule has 2 aromatic carbocycles. The molecule has 0 aliphatic heterocycles. The lowest BCUT2D eigenvalue weighted by Gasteiger charge is -2.21. The van der Waals surface area contributed by atoms with Crippen LogP contribution >= 0.6 is 11.6 Å².